The molecule has 0 fully saturated rings. The van der Waals surface area contributed by atoms with E-state index in [0.29, 0.717) is 5.56 Å². The van der Waals surface area contributed by atoms with Crippen LogP contribution in [0.25, 0.3) is 0 Å². The van der Waals surface area contributed by atoms with Crippen molar-refractivity contribution in [1.29, 1.82) is 0 Å². The van der Waals surface area contributed by atoms with Crippen molar-refractivity contribution < 1.29 is 26.1 Å². The van der Waals surface area contributed by atoms with Crippen molar-refractivity contribution in [2.45, 2.75) is 6.54 Å². The third-order valence-corrected chi connectivity index (χ3v) is 2.73. The minimum atomic E-state index is -5.10. The molecule has 1 aromatic carbocycles. The minimum Gasteiger partial charge on any atom is -0.358 e. The zero-order chi connectivity index (χ0) is 14.0. The number of benzene rings is 1. The van der Waals surface area contributed by atoms with Crippen LogP contribution in [0.1, 0.15) is 5.56 Å². The first-order valence-corrected chi connectivity index (χ1v) is 6.42. The first-order chi connectivity index (χ1) is 8.85. The third-order valence-electron chi connectivity index (χ3n) is 2.34. The second-order valence-corrected chi connectivity index (χ2v) is 4.67. The third kappa shape index (κ3) is 3.38. The summed E-state index contributed by atoms with van der Waals surface area (Å²) in [6, 6.07) is 5.45. The first kappa shape index (κ1) is 13.2. The molecule has 0 saturated heterocycles. The smallest absolute Gasteiger partial charge is 0.358 e. The largest absolute Gasteiger partial charge is 0.488 e. The van der Waals surface area contributed by atoms with Crippen LogP contribution in [0.2, 0.25) is 0 Å². The second-order valence-electron chi connectivity index (χ2n) is 3.72. The lowest BCUT2D eigenvalue weighted by atomic mass is 10.2. The number of carbonyl (C=O) groups excluding carboxylic acids is 2. The Labute approximate surface area is 108 Å². The normalized spacial score (nSPS) is 15.1. The van der Waals surface area contributed by atoms with Crippen LogP contribution in [0, 0.1) is 0 Å². The van der Waals surface area contributed by atoms with Gasteiger partial charge in [-0.15, -0.1) is 0 Å². The average molecular weight is 285 g/mol. The summed E-state index contributed by atoms with van der Waals surface area (Å²) in [5, 5.41) is 0. The van der Waals surface area contributed by atoms with Crippen molar-refractivity contribution in [3.05, 3.63) is 42.0 Å². The molecule has 0 aromatic heterocycles. The number of hydrogen-bond acceptors (Lipinski definition) is 5. The van der Waals surface area contributed by atoms with E-state index >= 15 is 0 Å². The van der Waals surface area contributed by atoms with Crippen molar-refractivity contribution in [3.63, 3.8) is 0 Å². The Morgan fingerprint density at radius 3 is 2.37 bits per heavy atom. The Morgan fingerprint density at radius 2 is 1.79 bits per heavy atom. The zero-order valence-corrected chi connectivity index (χ0v) is 10.3. The molecule has 0 spiro atoms. The maximum Gasteiger partial charge on any atom is 0.488 e. The summed E-state index contributed by atoms with van der Waals surface area (Å²) < 4.78 is 37.1. The van der Waals surface area contributed by atoms with Gasteiger partial charge in [0.15, 0.2) is 0 Å². The van der Waals surface area contributed by atoms with Gasteiger partial charge in [-0.2, -0.15) is 8.42 Å². The highest BCUT2D eigenvalue weighted by atomic mass is 32.3. The molecule has 0 aliphatic carbocycles. The highest BCUT2D eigenvalue weighted by Crippen LogP contribution is 2.18. The van der Waals surface area contributed by atoms with Gasteiger partial charge in [0.1, 0.15) is 5.75 Å². The van der Waals surface area contributed by atoms with E-state index in [4.69, 9.17) is 0 Å². The molecular formula is C11H8FNO5S. The van der Waals surface area contributed by atoms with E-state index in [1.54, 1.807) is 6.07 Å². The predicted octanol–water partition coefficient (Wildman–Crippen LogP) is 0.705. The standard InChI is InChI=1S/C11H8FNO5S/c12-19(16,17)18-9-3-1-2-8(6-9)7-13-10(14)4-5-11(13)15/h1-6H,7H2. The molecule has 0 N–H and O–H groups in total. The van der Waals surface area contributed by atoms with Crippen LogP contribution < -0.4 is 4.18 Å². The number of nitrogens with zero attached hydrogens (tertiary/aromatic N) is 1. The molecule has 1 heterocycles. The summed E-state index contributed by atoms with van der Waals surface area (Å²) in [6.07, 6.45) is 2.27. The van der Waals surface area contributed by atoms with Gasteiger partial charge in [-0.3, -0.25) is 14.5 Å². The van der Waals surface area contributed by atoms with Crippen LogP contribution in [-0.4, -0.2) is 25.1 Å². The lowest BCUT2D eigenvalue weighted by Crippen LogP contribution is -2.29. The molecule has 2 amide bonds. The molecule has 6 nitrogen and oxygen atoms in total. The van der Waals surface area contributed by atoms with E-state index in [9.17, 15) is 21.9 Å². The fourth-order valence-electron chi connectivity index (χ4n) is 1.58. The fraction of sp³-hybridized carbons (Fsp3) is 0.0909. The molecule has 0 unspecified atom stereocenters. The topological polar surface area (TPSA) is 80.8 Å². The molecular weight excluding hydrogens is 277 g/mol. The van der Waals surface area contributed by atoms with Gasteiger partial charge in [0.05, 0.1) is 6.54 Å². The molecule has 2 rings (SSSR count). The molecule has 1 aliphatic rings. The monoisotopic (exact) mass is 285 g/mol. The number of amides is 2. The SMILES string of the molecule is O=C1C=CC(=O)N1Cc1cccc(OS(=O)(=O)F)c1. The quantitative estimate of drug-likeness (QED) is 0.601. The summed E-state index contributed by atoms with van der Waals surface area (Å²) in [4.78, 5) is 23.6. The van der Waals surface area contributed by atoms with E-state index < -0.39 is 22.3 Å². The first-order valence-electron chi connectivity index (χ1n) is 5.12. The predicted molar refractivity (Wildman–Crippen MR) is 61.8 cm³/mol. The summed E-state index contributed by atoms with van der Waals surface area (Å²) in [5.41, 5.74) is 0.437. The van der Waals surface area contributed by atoms with Crippen LogP contribution >= 0.6 is 0 Å². The van der Waals surface area contributed by atoms with Gasteiger partial charge in [0.2, 0.25) is 0 Å². The zero-order valence-electron chi connectivity index (χ0n) is 9.45. The number of halogens is 1. The van der Waals surface area contributed by atoms with E-state index in [1.165, 1.54) is 18.2 Å². The average Bonchev–Trinajstić information content (AvgIpc) is 2.59. The highest BCUT2D eigenvalue weighted by molar-refractivity contribution is 7.81. The Balaban J connectivity index is 2.16. The summed E-state index contributed by atoms with van der Waals surface area (Å²) in [7, 11) is -5.10. The molecule has 100 valence electrons. The molecule has 19 heavy (non-hydrogen) atoms. The van der Waals surface area contributed by atoms with Crippen molar-refractivity contribution in [2.24, 2.45) is 0 Å². The lowest BCUT2D eigenvalue weighted by molar-refractivity contribution is -0.137. The van der Waals surface area contributed by atoms with E-state index in [-0.39, 0.29) is 12.3 Å². The van der Waals surface area contributed by atoms with E-state index in [2.05, 4.69) is 4.18 Å². The second kappa shape index (κ2) is 4.81. The van der Waals surface area contributed by atoms with Gasteiger partial charge in [-0.1, -0.05) is 16.0 Å². The van der Waals surface area contributed by atoms with E-state index in [0.717, 1.165) is 17.1 Å². The lowest BCUT2D eigenvalue weighted by Gasteiger charge is -2.13. The summed E-state index contributed by atoms with van der Waals surface area (Å²) in [5.74, 6) is -1.16. The summed E-state index contributed by atoms with van der Waals surface area (Å²) in [6.45, 7) is -0.0474. The highest BCUT2D eigenvalue weighted by Gasteiger charge is 2.23. The van der Waals surface area contributed by atoms with Crippen LogP contribution in [0.15, 0.2) is 36.4 Å². The van der Waals surface area contributed by atoms with Crippen molar-refractivity contribution in [2.75, 3.05) is 0 Å². The molecule has 0 atom stereocenters. The van der Waals surface area contributed by atoms with Crippen molar-refractivity contribution in [1.82, 2.24) is 4.90 Å². The summed E-state index contributed by atoms with van der Waals surface area (Å²) >= 11 is 0. The maximum atomic E-state index is 12.4. The van der Waals surface area contributed by atoms with Crippen LogP contribution in [-0.2, 0) is 26.6 Å². The molecule has 8 heteroatoms. The number of imide groups is 1. The van der Waals surface area contributed by atoms with Gasteiger partial charge in [-0.05, 0) is 17.7 Å². The van der Waals surface area contributed by atoms with E-state index in [1.807, 2.05) is 0 Å². The van der Waals surface area contributed by atoms with Crippen LogP contribution in [0.4, 0.5) is 3.89 Å². The Kier molecular flexibility index (Phi) is 3.34. The number of carbonyl (C=O) groups is 2. The van der Waals surface area contributed by atoms with Gasteiger partial charge in [0.25, 0.3) is 11.8 Å². The molecule has 1 aliphatic heterocycles. The molecule has 0 radical (unpaired) electrons. The molecule has 0 saturated carbocycles. The maximum absolute atomic E-state index is 12.4. The molecule has 0 bridgehead atoms. The van der Waals surface area contributed by atoms with Crippen LogP contribution in [0.3, 0.4) is 0 Å². The van der Waals surface area contributed by atoms with Gasteiger partial charge >= 0.3 is 10.5 Å². The Morgan fingerprint density at radius 1 is 1.16 bits per heavy atom. The van der Waals surface area contributed by atoms with Crippen molar-refractivity contribution >= 4 is 22.3 Å². The van der Waals surface area contributed by atoms with Gasteiger partial charge < -0.3 is 4.18 Å². The molecule has 1 aromatic rings. The number of rotatable bonds is 4. The minimum absolute atomic E-state index is 0.0474. The van der Waals surface area contributed by atoms with Crippen LogP contribution in [0.5, 0.6) is 5.75 Å². The van der Waals surface area contributed by atoms with Gasteiger partial charge in [-0.25, -0.2) is 0 Å². The Hall–Kier alpha value is -2.22. The fourth-order valence-corrected chi connectivity index (χ4v) is 1.91. The van der Waals surface area contributed by atoms with Crippen molar-refractivity contribution in [3.8, 4) is 5.75 Å². The van der Waals surface area contributed by atoms with Gasteiger partial charge in [0, 0.05) is 12.2 Å². The number of hydrogen-bond donors (Lipinski definition) is 0. The Bertz CT molecular complexity index is 649.